The van der Waals surface area contributed by atoms with E-state index in [9.17, 15) is 4.79 Å². The Hall–Kier alpha value is -2.70. The van der Waals surface area contributed by atoms with Gasteiger partial charge in [-0.15, -0.1) is 0 Å². The minimum atomic E-state index is -0.209. The smallest absolute Gasteiger partial charge is 0.306 e. The highest BCUT2D eigenvalue weighted by Crippen LogP contribution is 2.27. The van der Waals surface area contributed by atoms with Crippen molar-refractivity contribution in [2.24, 2.45) is 5.92 Å². The summed E-state index contributed by atoms with van der Waals surface area (Å²) in [5, 5.41) is 3.08. The average molecular weight is 341 g/mol. The van der Waals surface area contributed by atoms with Crippen molar-refractivity contribution in [3.05, 3.63) is 35.7 Å². The van der Waals surface area contributed by atoms with E-state index in [4.69, 9.17) is 10.5 Å². The van der Waals surface area contributed by atoms with Crippen LogP contribution in [0.3, 0.4) is 0 Å². The van der Waals surface area contributed by atoms with E-state index in [1.54, 1.807) is 0 Å². The molecule has 0 saturated heterocycles. The van der Waals surface area contributed by atoms with E-state index in [-0.39, 0.29) is 18.5 Å². The molecule has 1 aromatic heterocycles. The number of nitrogens with two attached hydrogens (primary N) is 1. The third kappa shape index (κ3) is 5.14. The van der Waals surface area contributed by atoms with Gasteiger partial charge >= 0.3 is 5.97 Å². The van der Waals surface area contributed by atoms with Crippen LogP contribution >= 0.6 is 0 Å². The molecule has 0 spiro atoms. The van der Waals surface area contributed by atoms with Crippen molar-refractivity contribution in [2.75, 3.05) is 11.1 Å². The van der Waals surface area contributed by atoms with Crippen LogP contribution in [0.4, 0.5) is 17.6 Å². The van der Waals surface area contributed by atoms with E-state index < -0.39 is 0 Å². The highest BCUT2D eigenvalue weighted by molar-refractivity contribution is 5.69. The van der Waals surface area contributed by atoms with E-state index in [1.165, 1.54) is 12.8 Å². The summed E-state index contributed by atoms with van der Waals surface area (Å²) in [4.78, 5) is 24.3. The van der Waals surface area contributed by atoms with Crippen LogP contribution in [0.2, 0.25) is 0 Å². The van der Waals surface area contributed by atoms with Gasteiger partial charge in [-0.2, -0.15) is 15.0 Å². The van der Waals surface area contributed by atoms with Gasteiger partial charge < -0.3 is 15.8 Å². The number of benzene rings is 1. The number of nitrogen functional groups attached to an aromatic ring is 1. The van der Waals surface area contributed by atoms with Crippen LogP contribution in [-0.4, -0.2) is 20.9 Å². The summed E-state index contributed by atoms with van der Waals surface area (Å²) >= 11 is 0. The van der Waals surface area contributed by atoms with E-state index in [0.29, 0.717) is 24.1 Å². The van der Waals surface area contributed by atoms with Crippen LogP contribution in [-0.2, 0) is 16.1 Å². The number of esters is 1. The minimum Gasteiger partial charge on any atom is -0.457 e. The van der Waals surface area contributed by atoms with Gasteiger partial charge in [0.2, 0.25) is 11.9 Å². The fraction of sp³-hybridized carbons (Fsp3) is 0.444. The van der Waals surface area contributed by atoms with Crippen molar-refractivity contribution in [1.82, 2.24) is 15.0 Å². The van der Waals surface area contributed by atoms with Crippen molar-refractivity contribution in [3.63, 3.8) is 0 Å². The number of aryl methyl sites for hydroxylation is 1. The van der Waals surface area contributed by atoms with Gasteiger partial charge in [0.1, 0.15) is 0 Å². The molecule has 3 N–H and O–H groups in total. The second-order valence-electron chi connectivity index (χ2n) is 6.44. The van der Waals surface area contributed by atoms with Crippen molar-refractivity contribution >= 4 is 23.6 Å². The van der Waals surface area contributed by atoms with Crippen LogP contribution in [0.1, 0.15) is 43.5 Å². The topological polar surface area (TPSA) is 103 Å². The maximum absolute atomic E-state index is 11.9. The second kappa shape index (κ2) is 7.92. The van der Waals surface area contributed by atoms with E-state index >= 15 is 0 Å². The first-order valence-corrected chi connectivity index (χ1v) is 8.58. The summed E-state index contributed by atoms with van der Waals surface area (Å²) in [7, 11) is 0. The van der Waals surface area contributed by atoms with Gasteiger partial charge in [-0.25, -0.2) is 0 Å². The quantitative estimate of drug-likeness (QED) is 0.778. The molecule has 7 heteroatoms. The molecule has 132 valence electrons. The molecule has 1 aromatic carbocycles. The van der Waals surface area contributed by atoms with E-state index in [0.717, 1.165) is 24.1 Å². The van der Waals surface area contributed by atoms with Crippen molar-refractivity contribution in [3.8, 4) is 0 Å². The number of aromatic nitrogens is 3. The number of hydrogen-bond donors (Lipinski definition) is 2. The molecule has 25 heavy (non-hydrogen) atoms. The lowest BCUT2D eigenvalue weighted by Crippen LogP contribution is -2.13. The second-order valence-corrected chi connectivity index (χ2v) is 6.44. The van der Waals surface area contributed by atoms with Gasteiger partial charge in [-0.05, 0) is 37.8 Å². The summed E-state index contributed by atoms with van der Waals surface area (Å²) in [6.45, 7) is 2.02. The molecule has 0 amide bonds. The van der Waals surface area contributed by atoms with Crippen LogP contribution in [0.5, 0.6) is 0 Å². The number of anilines is 3. The lowest BCUT2D eigenvalue weighted by atomic mass is 10.1. The first-order chi connectivity index (χ1) is 12.1. The van der Waals surface area contributed by atoms with Gasteiger partial charge in [0.05, 0.1) is 0 Å². The fourth-order valence-corrected chi connectivity index (χ4v) is 2.98. The molecule has 0 bridgehead atoms. The highest BCUT2D eigenvalue weighted by atomic mass is 16.5. The Labute approximate surface area is 147 Å². The monoisotopic (exact) mass is 341 g/mol. The Bertz CT molecular complexity index is 727. The number of hydrogen-bond acceptors (Lipinski definition) is 7. The number of nitrogens with one attached hydrogen (secondary N) is 1. The number of rotatable bonds is 6. The van der Waals surface area contributed by atoms with Gasteiger partial charge in [0, 0.05) is 12.1 Å². The molecule has 1 aliphatic rings. The van der Waals surface area contributed by atoms with Crippen LogP contribution in [0.25, 0.3) is 0 Å². The van der Waals surface area contributed by atoms with Crippen molar-refractivity contribution in [2.45, 2.75) is 45.6 Å². The average Bonchev–Trinajstić information content (AvgIpc) is 3.08. The molecule has 0 unspecified atom stereocenters. The maximum Gasteiger partial charge on any atom is 0.306 e. The molecular formula is C18H23N5O2. The van der Waals surface area contributed by atoms with Crippen LogP contribution in [0, 0.1) is 12.8 Å². The molecule has 1 fully saturated rings. The zero-order valence-electron chi connectivity index (χ0n) is 14.4. The van der Waals surface area contributed by atoms with Gasteiger partial charge in [0.25, 0.3) is 0 Å². The van der Waals surface area contributed by atoms with E-state index in [2.05, 4.69) is 20.3 Å². The molecule has 1 heterocycles. The molecule has 7 nitrogen and oxygen atoms in total. The fourth-order valence-electron chi connectivity index (χ4n) is 2.98. The Morgan fingerprint density at radius 1 is 1.20 bits per heavy atom. The molecule has 0 aliphatic heterocycles. The van der Waals surface area contributed by atoms with Crippen LogP contribution < -0.4 is 11.1 Å². The first-order valence-electron chi connectivity index (χ1n) is 8.58. The summed E-state index contributed by atoms with van der Waals surface area (Å²) in [6.07, 6.45) is 5.10. The summed E-state index contributed by atoms with van der Waals surface area (Å²) in [5.41, 5.74) is 7.74. The molecule has 2 aromatic rings. The van der Waals surface area contributed by atoms with Gasteiger partial charge in [-0.3, -0.25) is 4.79 Å². The number of ether oxygens (including phenoxy) is 1. The predicted molar refractivity (Wildman–Crippen MR) is 95.1 cm³/mol. The minimum absolute atomic E-state index is 0.000844. The van der Waals surface area contributed by atoms with Crippen molar-refractivity contribution < 1.29 is 9.53 Å². The third-order valence-corrected chi connectivity index (χ3v) is 4.30. The maximum atomic E-state index is 11.9. The molecular weight excluding hydrogens is 318 g/mol. The largest absolute Gasteiger partial charge is 0.457 e. The van der Waals surface area contributed by atoms with Crippen LogP contribution in [0.15, 0.2) is 24.3 Å². The Morgan fingerprint density at radius 2 is 1.92 bits per heavy atom. The predicted octanol–water partition coefficient (Wildman–Crippen LogP) is 3.13. The summed E-state index contributed by atoms with van der Waals surface area (Å²) in [6, 6.07) is 7.82. The summed E-state index contributed by atoms with van der Waals surface area (Å²) < 4.78 is 5.29. The Kier molecular flexibility index (Phi) is 5.42. The van der Waals surface area contributed by atoms with Gasteiger partial charge in [0.15, 0.2) is 12.4 Å². The van der Waals surface area contributed by atoms with Gasteiger partial charge in [-0.1, -0.05) is 30.5 Å². The zero-order valence-corrected chi connectivity index (χ0v) is 14.4. The molecule has 0 atom stereocenters. The standard InChI is InChI=1S/C18H23N5O2/c1-12-6-8-14(9-7-12)20-18-22-15(21-17(19)23-18)11-25-16(24)10-13-4-2-3-5-13/h6-9,13H,2-5,10-11H2,1H3,(H3,19,20,21,22,23). The first kappa shape index (κ1) is 17.1. The Morgan fingerprint density at radius 3 is 2.64 bits per heavy atom. The normalized spacial score (nSPS) is 14.4. The lowest BCUT2D eigenvalue weighted by molar-refractivity contribution is -0.146. The lowest BCUT2D eigenvalue weighted by Gasteiger charge is -2.10. The SMILES string of the molecule is Cc1ccc(Nc2nc(N)nc(COC(=O)CC3CCCC3)n2)cc1. The zero-order chi connectivity index (χ0) is 17.6. The summed E-state index contributed by atoms with van der Waals surface area (Å²) in [5.74, 6) is 1.00. The Balaban J connectivity index is 1.58. The molecule has 0 radical (unpaired) electrons. The highest BCUT2D eigenvalue weighted by Gasteiger charge is 2.19. The van der Waals surface area contributed by atoms with E-state index in [1.807, 2.05) is 31.2 Å². The number of nitrogens with zero attached hydrogens (tertiary/aromatic N) is 3. The molecule has 1 saturated carbocycles. The third-order valence-electron chi connectivity index (χ3n) is 4.30. The number of carbonyl (C=O) groups is 1. The molecule has 3 rings (SSSR count). The van der Waals surface area contributed by atoms with Crippen molar-refractivity contribution in [1.29, 1.82) is 0 Å². The molecule has 1 aliphatic carbocycles. The number of carbonyl (C=O) groups excluding carboxylic acids is 1.